The van der Waals surface area contributed by atoms with E-state index in [9.17, 15) is 14.3 Å². The predicted molar refractivity (Wildman–Crippen MR) is 98.9 cm³/mol. The van der Waals surface area contributed by atoms with E-state index in [1.165, 1.54) is 6.07 Å². The van der Waals surface area contributed by atoms with Gasteiger partial charge in [-0.15, -0.1) is 0 Å². The largest absolute Gasteiger partial charge is 0.481 e. The maximum absolute atomic E-state index is 13.6. The molecule has 144 valence electrons. The molecule has 0 aromatic carbocycles. The van der Waals surface area contributed by atoms with E-state index < -0.39 is 17.7 Å². The number of aromatic nitrogens is 5. The highest BCUT2D eigenvalue weighted by Gasteiger charge is 2.47. The van der Waals surface area contributed by atoms with Crippen LogP contribution in [-0.2, 0) is 4.79 Å². The molecule has 0 aliphatic heterocycles. The number of pyridine rings is 1. The number of rotatable bonds is 4. The van der Waals surface area contributed by atoms with Crippen LogP contribution in [0.4, 0.5) is 10.2 Å². The minimum atomic E-state index is -0.753. The first kappa shape index (κ1) is 17.0. The van der Waals surface area contributed by atoms with Crippen LogP contribution in [0.2, 0.25) is 0 Å². The second kappa shape index (κ2) is 6.50. The average Bonchev–Trinajstić information content (AvgIpc) is 3.12. The zero-order valence-electron chi connectivity index (χ0n) is 15.0. The average molecular weight is 382 g/mol. The summed E-state index contributed by atoms with van der Waals surface area (Å²) in [5, 5.41) is 20.5. The van der Waals surface area contributed by atoms with E-state index in [1.807, 2.05) is 0 Å². The molecule has 3 aliphatic rings. The Balaban J connectivity index is 1.47. The van der Waals surface area contributed by atoms with Crippen molar-refractivity contribution in [2.75, 3.05) is 5.32 Å². The first-order valence-electron chi connectivity index (χ1n) is 9.41. The maximum Gasteiger partial charge on any atom is 0.308 e. The summed E-state index contributed by atoms with van der Waals surface area (Å²) in [6.45, 7) is 0. The summed E-state index contributed by atoms with van der Waals surface area (Å²) in [6, 6.07) is 1.19. The van der Waals surface area contributed by atoms with Gasteiger partial charge in [-0.05, 0) is 43.6 Å². The van der Waals surface area contributed by atoms with E-state index in [2.05, 4.69) is 30.5 Å². The summed E-state index contributed by atoms with van der Waals surface area (Å²) in [5.74, 6) is -0.584. The van der Waals surface area contributed by atoms with Gasteiger partial charge in [0, 0.05) is 6.04 Å². The number of carbonyl (C=O) groups is 1. The molecule has 9 heteroatoms. The number of aromatic amines is 1. The van der Waals surface area contributed by atoms with Crippen molar-refractivity contribution in [2.45, 2.75) is 31.7 Å². The Morgan fingerprint density at radius 3 is 2.75 bits per heavy atom. The molecule has 28 heavy (non-hydrogen) atoms. The monoisotopic (exact) mass is 382 g/mol. The molecular formula is C19H19FN6O2. The molecule has 3 aliphatic carbocycles. The smallest absolute Gasteiger partial charge is 0.308 e. The van der Waals surface area contributed by atoms with Crippen LogP contribution in [0.5, 0.6) is 0 Å². The quantitative estimate of drug-likeness (QED) is 0.635. The summed E-state index contributed by atoms with van der Waals surface area (Å²) in [7, 11) is 0. The molecule has 0 saturated heterocycles. The Morgan fingerprint density at radius 2 is 1.96 bits per heavy atom. The number of nitrogens with zero attached hydrogens (tertiary/aromatic N) is 4. The van der Waals surface area contributed by atoms with Gasteiger partial charge in [0.05, 0.1) is 35.6 Å². The fourth-order valence-electron chi connectivity index (χ4n) is 4.81. The third-order valence-corrected chi connectivity index (χ3v) is 6.09. The molecule has 3 saturated carbocycles. The summed E-state index contributed by atoms with van der Waals surface area (Å²) in [6.07, 6.45) is 8.28. The lowest BCUT2D eigenvalue weighted by Gasteiger charge is -2.47. The van der Waals surface area contributed by atoms with Crippen LogP contribution >= 0.6 is 0 Å². The number of halogens is 1. The van der Waals surface area contributed by atoms with Crippen LogP contribution in [0, 0.1) is 23.6 Å². The summed E-state index contributed by atoms with van der Waals surface area (Å²) in [4.78, 5) is 24.6. The number of nitrogens with one attached hydrogen (secondary N) is 2. The first-order chi connectivity index (χ1) is 13.6. The molecule has 2 atom stereocenters. The van der Waals surface area contributed by atoms with Crippen LogP contribution in [-0.4, -0.2) is 42.3 Å². The van der Waals surface area contributed by atoms with Crippen molar-refractivity contribution in [1.82, 2.24) is 25.1 Å². The Hall–Kier alpha value is -3.10. The van der Waals surface area contributed by atoms with Crippen molar-refractivity contribution in [1.29, 1.82) is 0 Å². The van der Waals surface area contributed by atoms with Gasteiger partial charge in [-0.25, -0.2) is 14.4 Å². The van der Waals surface area contributed by atoms with Crippen molar-refractivity contribution in [3.05, 3.63) is 30.5 Å². The number of aliphatic carboxylic acids is 1. The number of H-pyrrole nitrogens is 1. The standard InChI is InChI=1S/C19H19FN6O2/c20-11-5-12-17(25-26-18(12)22-6-11)13-7-21-8-14(23-13)24-16-10-3-1-9(2-4-10)15(16)19(27)28/h5-10,15-16H,1-4H2,(H,23,24)(H,27,28)(H,22,25,26)/t9?,10?,15-,16-/m1/s1. The first-order valence-corrected chi connectivity index (χ1v) is 9.41. The number of fused-ring (bicyclic) bond motifs is 4. The second-order valence-corrected chi connectivity index (χ2v) is 7.62. The Bertz CT molecular complexity index is 1050. The van der Waals surface area contributed by atoms with E-state index >= 15 is 0 Å². The molecule has 3 aromatic rings. The van der Waals surface area contributed by atoms with Gasteiger partial charge < -0.3 is 10.4 Å². The van der Waals surface area contributed by atoms with Crippen LogP contribution in [0.3, 0.4) is 0 Å². The minimum absolute atomic E-state index is 0.160. The van der Waals surface area contributed by atoms with E-state index in [0.717, 1.165) is 31.9 Å². The molecule has 0 radical (unpaired) electrons. The molecule has 3 N–H and O–H groups in total. The summed E-state index contributed by atoms with van der Waals surface area (Å²) in [5.41, 5.74) is 1.41. The number of anilines is 1. The fourth-order valence-corrected chi connectivity index (χ4v) is 4.81. The number of carboxylic acids is 1. The lowest BCUT2D eigenvalue weighted by molar-refractivity contribution is -0.148. The summed E-state index contributed by atoms with van der Waals surface area (Å²) < 4.78 is 13.6. The molecule has 0 unspecified atom stereocenters. The van der Waals surface area contributed by atoms with Crippen LogP contribution < -0.4 is 5.32 Å². The Kier molecular flexibility index (Phi) is 3.96. The van der Waals surface area contributed by atoms with Crippen molar-refractivity contribution in [3.8, 4) is 11.4 Å². The molecule has 6 rings (SSSR count). The van der Waals surface area contributed by atoms with Gasteiger partial charge in [-0.3, -0.25) is 14.9 Å². The predicted octanol–water partition coefficient (Wildman–Crippen LogP) is 2.86. The van der Waals surface area contributed by atoms with E-state index in [1.54, 1.807) is 12.4 Å². The highest BCUT2D eigenvalue weighted by Crippen LogP contribution is 2.46. The fraction of sp³-hybridized carbons (Fsp3) is 0.421. The van der Waals surface area contributed by atoms with Gasteiger partial charge >= 0.3 is 5.97 Å². The van der Waals surface area contributed by atoms with Crippen LogP contribution in [0.1, 0.15) is 25.7 Å². The van der Waals surface area contributed by atoms with Crippen molar-refractivity contribution < 1.29 is 14.3 Å². The van der Waals surface area contributed by atoms with Gasteiger partial charge in [-0.1, -0.05) is 0 Å². The molecule has 0 amide bonds. The molecular weight excluding hydrogens is 363 g/mol. The lowest BCUT2D eigenvalue weighted by Crippen LogP contribution is -2.51. The van der Waals surface area contributed by atoms with Crippen LogP contribution in [0.25, 0.3) is 22.4 Å². The van der Waals surface area contributed by atoms with Gasteiger partial charge in [0.2, 0.25) is 0 Å². The SMILES string of the molecule is O=C(O)[C@@H]1C2CCC(CC2)[C@H]1Nc1cncc(-c2[nH]nc3ncc(F)cc23)n1. The molecule has 0 spiro atoms. The topological polar surface area (TPSA) is 117 Å². The number of carboxylic acid groups (broad SMARTS) is 1. The molecule has 3 aromatic heterocycles. The number of hydrogen-bond acceptors (Lipinski definition) is 6. The molecule has 2 bridgehead atoms. The normalized spacial score (nSPS) is 26.5. The van der Waals surface area contributed by atoms with Gasteiger partial charge in [-0.2, -0.15) is 5.10 Å². The van der Waals surface area contributed by atoms with Crippen LogP contribution in [0.15, 0.2) is 24.7 Å². The van der Waals surface area contributed by atoms with Gasteiger partial charge in [0.15, 0.2) is 5.65 Å². The third-order valence-electron chi connectivity index (χ3n) is 6.09. The highest BCUT2D eigenvalue weighted by atomic mass is 19.1. The Morgan fingerprint density at radius 1 is 1.18 bits per heavy atom. The van der Waals surface area contributed by atoms with Crippen molar-refractivity contribution >= 4 is 22.8 Å². The van der Waals surface area contributed by atoms with E-state index in [-0.39, 0.29) is 12.0 Å². The van der Waals surface area contributed by atoms with Crippen molar-refractivity contribution in [3.63, 3.8) is 0 Å². The zero-order valence-corrected chi connectivity index (χ0v) is 15.0. The Labute approximate surface area is 159 Å². The molecule has 3 fully saturated rings. The number of hydrogen-bond donors (Lipinski definition) is 3. The van der Waals surface area contributed by atoms with E-state index in [4.69, 9.17) is 0 Å². The minimum Gasteiger partial charge on any atom is -0.481 e. The summed E-state index contributed by atoms with van der Waals surface area (Å²) >= 11 is 0. The molecule has 3 heterocycles. The lowest BCUT2D eigenvalue weighted by atomic mass is 9.61. The van der Waals surface area contributed by atoms with Gasteiger partial charge in [0.1, 0.15) is 17.3 Å². The maximum atomic E-state index is 13.6. The third kappa shape index (κ3) is 2.78. The van der Waals surface area contributed by atoms with Crippen molar-refractivity contribution in [2.24, 2.45) is 17.8 Å². The second-order valence-electron chi connectivity index (χ2n) is 7.62. The highest BCUT2D eigenvalue weighted by molar-refractivity contribution is 5.89. The van der Waals surface area contributed by atoms with Gasteiger partial charge in [0.25, 0.3) is 0 Å². The molecule has 8 nitrogen and oxygen atoms in total. The zero-order chi connectivity index (χ0) is 19.3. The van der Waals surface area contributed by atoms with E-state index in [0.29, 0.717) is 34.2 Å².